The molecule has 0 aliphatic rings. The van der Waals surface area contributed by atoms with E-state index in [4.69, 9.17) is 4.74 Å². The van der Waals surface area contributed by atoms with Gasteiger partial charge in [-0.25, -0.2) is 4.79 Å². The van der Waals surface area contributed by atoms with Gasteiger partial charge in [-0.05, 0) is 24.8 Å². The molecule has 0 saturated carbocycles. The molecule has 0 fully saturated rings. The molecular weight excluding hydrogens is 308 g/mol. The van der Waals surface area contributed by atoms with E-state index >= 15 is 0 Å². The van der Waals surface area contributed by atoms with Gasteiger partial charge in [-0.1, -0.05) is 56.8 Å². The topological polar surface area (TPSA) is 46.5 Å². The molecule has 1 aromatic carbocycles. The van der Waals surface area contributed by atoms with Crippen molar-refractivity contribution in [1.29, 1.82) is 0 Å². The Kier molecular flexibility index (Phi) is 8.56. The predicted molar refractivity (Wildman–Crippen MR) is 97.5 cm³/mol. The lowest BCUT2D eigenvalue weighted by atomic mass is 10.0. The number of benzene rings is 1. The molecule has 1 N–H and O–H groups in total. The summed E-state index contributed by atoms with van der Waals surface area (Å²) in [6.07, 6.45) is 2.51. The maximum absolute atomic E-state index is 11.4. The van der Waals surface area contributed by atoms with Crippen molar-refractivity contribution < 1.29 is 14.6 Å². The monoisotopic (exact) mass is 334 g/mol. The van der Waals surface area contributed by atoms with Crippen LogP contribution in [0.5, 0.6) is 0 Å². The van der Waals surface area contributed by atoms with E-state index in [9.17, 15) is 9.90 Å². The van der Waals surface area contributed by atoms with Crippen molar-refractivity contribution in [3.63, 3.8) is 0 Å². The van der Waals surface area contributed by atoms with Crippen LogP contribution in [0.15, 0.2) is 54.3 Å². The highest BCUT2D eigenvalue weighted by atomic mass is 32.2. The van der Waals surface area contributed by atoms with E-state index in [-0.39, 0.29) is 10.8 Å². The van der Waals surface area contributed by atoms with Crippen molar-refractivity contribution in [2.45, 2.75) is 38.2 Å². The van der Waals surface area contributed by atoms with E-state index < -0.39 is 5.97 Å². The quantitative estimate of drug-likeness (QED) is 0.376. The standard InChI is InChI=1S/C19H26O3S/c1-5-11-22-18(15(4)19(20)21)17(12-14(2)3)23-13-16-9-7-6-8-10-16/h5-10,14,17H,1,11-13H2,2-4H3,(H,20,21)/b18-15-. The minimum atomic E-state index is -0.932. The van der Waals surface area contributed by atoms with E-state index in [2.05, 4.69) is 32.6 Å². The lowest BCUT2D eigenvalue weighted by Crippen LogP contribution is -2.18. The van der Waals surface area contributed by atoms with Crippen LogP contribution in [0.25, 0.3) is 0 Å². The number of carbonyl (C=O) groups is 1. The maximum atomic E-state index is 11.4. The molecule has 1 atom stereocenters. The first-order valence-corrected chi connectivity index (χ1v) is 8.83. The van der Waals surface area contributed by atoms with Gasteiger partial charge in [-0.15, -0.1) is 11.8 Å². The fraction of sp³-hybridized carbons (Fsp3) is 0.421. The van der Waals surface area contributed by atoms with Crippen LogP contribution in [-0.4, -0.2) is 22.9 Å². The van der Waals surface area contributed by atoms with Gasteiger partial charge in [0.15, 0.2) is 0 Å². The highest BCUT2D eigenvalue weighted by Gasteiger charge is 2.23. The van der Waals surface area contributed by atoms with Crippen LogP contribution in [0.4, 0.5) is 0 Å². The molecular formula is C19H26O3S. The Labute approximate surface area is 143 Å². The Bertz CT molecular complexity index is 535. The summed E-state index contributed by atoms with van der Waals surface area (Å²) >= 11 is 1.73. The molecule has 4 heteroatoms. The summed E-state index contributed by atoms with van der Waals surface area (Å²) in [4.78, 5) is 11.4. The Balaban J connectivity index is 2.97. The second-order valence-corrected chi connectivity index (χ2v) is 7.00. The van der Waals surface area contributed by atoms with E-state index in [1.54, 1.807) is 24.8 Å². The van der Waals surface area contributed by atoms with Gasteiger partial charge in [-0.2, -0.15) is 0 Å². The number of rotatable bonds is 10. The minimum absolute atomic E-state index is 0.0197. The fourth-order valence-corrected chi connectivity index (χ4v) is 3.65. The summed E-state index contributed by atoms with van der Waals surface area (Å²) in [6.45, 7) is 9.85. The van der Waals surface area contributed by atoms with Crippen LogP contribution in [0, 0.1) is 5.92 Å². The number of thioether (sulfide) groups is 1. The molecule has 0 aromatic heterocycles. The lowest BCUT2D eigenvalue weighted by Gasteiger charge is -2.23. The molecule has 0 radical (unpaired) electrons. The van der Waals surface area contributed by atoms with Gasteiger partial charge in [0.25, 0.3) is 0 Å². The fourth-order valence-electron chi connectivity index (χ4n) is 2.15. The van der Waals surface area contributed by atoms with Crippen molar-refractivity contribution in [2.75, 3.05) is 6.61 Å². The van der Waals surface area contributed by atoms with Crippen molar-refractivity contribution >= 4 is 17.7 Å². The van der Waals surface area contributed by atoms with Crippen LogP contribution in [0.2, 0.25) is 0 Å². The van der Waals surface area contributed by atoms with Gasteiger partial charge in [0.05, 0.1) is 10.8 Å². The Hall–Kier alpha value is -1.68. The highest BCUT2D eigenvalue weighted by molar-refractivity contribution is 7.99. The van der Waals surface area contributed by atoms with Gasteiger partial charge in [-0.3, -0.25) is 0 Å². The van der Waals surface area contributed by atoms with Gasteiger partial charge in [0, 0.05) is 5.75 Å². The molecule has 0 amide bonds. The molecule has 126 valence electrons. The molecule has 3 nitrogen and oxygen atoms in total. The van der Waals surface area contributed by atoms with E-state index in [0.29, 0.717) is 18.3 Å². The lowest BCUT2D eigenvalue weighted by molar-refractivity contribution is -0.132. The smallest absolute Gasteiger partial charge is 0.334 e. The van der Waals surface area contributed by atoms with Crippen LogP contribution in [0.3, 0.4) is 0 Å². The zero-order valence-corrected chi connectivity index (χ0v) is 14.9. The minimum Gasteiger partial charge on any atom is -0.492 e. The van der Waals surface area contributed by atoms with Crippen LogP contribution >= 0.6 is 11.8 Å². The second kappa shape index (κ2) is 10.2. The van der Waals surface area contributed by atoms with Crippen molar-refractivity contribution in [3.05, 3.63) is 59.9 Å². The first-order valence-electron chi connectivity index (χ1n) is 7.79. The van der Waals surface area contributed by atoms with E-state index in [0.717, 1.165) is 12.2 Å². The summed E-state index contributed by atoms with van der Waals surface area (Å²) < 4.78 is 5.73. The third-order valence-corrected chi connectivity index (χ3v) is 4.63. The normalized spacial score (nSPS) is 13.4. The number of carboxylic acids is 1. The number of aliphatic carboxylic acids is 1. The van der Waals surface area contributed by atoms with Crippen molar-refractivity contribution in [3.8, 4) is 0 Å². The van der Waals surface area contributed by atoms with E-state index in [1.165, 1.54) is 5.56 Å². The van der Waals surface area contributed by atoms with Crippen LogP contribution in [0.1, 0.15) is 32.8 Å². The summed E-state index contributed by atoms with van der Waals surface area (Å²) in [5.74, 6) is 0.906. The number of ether oxygens (including phenoxy) is 1. The maximum Gasteiger partial charge on any atom is 0.334 e. The Morgan fingerprint density at radius 2 is 2.00 bits per heavy atom. The summed E-state index contributed by atoms with van der Waals surface area (Å²) in [5.41, 5.74) is 1.50. The van der Waals surface area contributed by atoms with E-state index in [1.807, 2.05) is 18.2 Å². The molecule has 0 bridgehead atoms. The summed E-state index contributed by atoms with van der Waals surface area (Å²) in [6, 6.07) is 10.2. The molecule has 1 aromatic rings. The zero-order valence-electron chi connectivity index (χ0n) is 14.1. The number of carboxylic acid groups (broad SMARTS) is 1. The van der Waals surface area contributed by atoms with Gasteiger partial charge >= 0.3 is 5.97 Å². The largest absolute Gasteiger partial charge is 0.492 e. The van der Waals surface area contributed by atoms with Crippen LogP contribution < -0.4 is 0 Å². The van der Waals surface area contributed by atoms with Gasteiger partial charge in [0.1, 0.15) is 12.4 Å². The van der Waals surface area contributed by atoms with Gasteiger partial charge < -0.3 is 9.84 Å². The first-order chi connectivity index (χ1) is 11.0. The second-order valence-electron chi connectivity index (χ2n) is 5.81. The van der Waals surface area contributed by atoms with Gasteiger partial charge in [0.2, 0.25) is 0 Å². The number of hydrogen-bond donors (Lipinski definition) is 1. The molecule has 0 aliphatic carbocycles. The molecule has 0 heterocycles. The molecule has 0 saturated heterocycles. The molecule has 0 spiro atoms. The van der Waals surface area contributed by atoms with Crippen molar-refractivity contribution in [1.82, 2.24) is 0 Å². The zero-order chi connectivity index (χ0) is 17.2. The molecule has 1 unspecified atom stereocenters. The SMILES string of the molecule is C=CCO/C(=C(/C)C(=O)O)C(CC(C)C)SCc1ccccc1. The summed E-state index contributed by atoms with van der Waals surface area (Å²) in [5, 5.41) is 9.37. The highest BCUT2D eigenvalue weighted by Crippen LogP contribution is 2.31. The molecule has 1 rings (SSSR count). The summed E-state index contributed by atoms with van der Waals surface area (Å²) in [7, 11) is 0. The molecule has 0 aliphatic heterocycles. The third-order valence-electron chi connectivity index (χ3n) is 3.32. The average molecular weight is 334 g/mol. The number of hydrogen-bond acceptors (Lipinski definition) is 3. The van der Waals surface area contributed by atoms with Crippen molar-refractivity contribution in [2.24, 2.45) is 5.92 Å². The van der Waals surface area contributed by atoms with Crippen LogP contribution in [-0.2, 0) is 15.3 Å². The Morgan fingerprint density at radius 3 is 2.52 bits per heavy atom. The predicted octanol–water partition coefficient (Wildman–Crippen LogP) is 4.90. The molecule has 23 heavy (non-hydrogen) atoms. The Morgan fingerprint density at radius 1 is 1.35 bits per heavy atom. The first kappa shape index (κ1) is 19.4. The average Bonchev–Trinajstić information content (AvgIpc) is 2.52. The third kappa shape index (κ3) is 6.95.